The van der Waals surface area contributed by atoms with E-state index in [1.54, 1.807) is 48.6 Å². The van der Waals surface area contributed by atoms with Gasteiger partial charge >= 0.3 is 6.09 Å². The first-order valence-corrected chi connectivity index (χ1v) is 24.5. The summed E-state index contributed by atoms with van der Waals surface area (Å²) in [4.78, 5) is 47.6. The van der Waals surface area contributed by atoms with Crippen LogP contribution in [0.5, 0.6) is 0 Å². The van der Waals surface area contributed by atoms with Crippen molar-refractivity contribution in [1.82, 2.24) is 4.90 Å². The summed E-state index contributed by atoms with van der Waals surface area (Å²) in [5, 5.41) is 9.83. The molecule has 1 unspecified atom stereocenters. The first-order chi connectivity index (χ1) is 37.1. The third kappa shape index (κ3) is 22.9. The van der Waals surface area contributed by atoms with E-state index in [1.807, 2.05) is 225 Å². The van der Waals surface area contributed by atoms with Gasteiger partial charge in [0.05, 0.1) is 18.4 Å². The molecule has 1 amide bonds. The van der Waals surface area contributed by atoms with Crippen molar-refractivity contribution in [2.24, 2.45) is 0 Å². The Hall–Kier alpha value is -8.24. The maximum atomic E-state index is 13.5. The van der Waals surface area contributed by atoms with Crippen LogP contribution in [-0.4, -0.2) is 40.0 Å². The van der Waals surface area contributed by atoms with E-state index >= 15 is 0 Å². The average Bonchev–Trinajstić information content (AvgIpc) is 3.95. The Morgan fingerprint density at radius 2 is 0.885 bits per heavy atom. The van der Waals surface area contributed by atoms with Crippen LogP contribution in [0.2, 0.25) is 5.02 Å². The number of hydrogen-bond acceptors (Lipinski definition) is 4. The molecule has 9 rings (SSSR count). The van der Waals surface area contributed by atoms with Crippen molar-refractivity contribution in [2.75, 3.05) is 6.54 Å². The number of nitrogens with zero attached hydrogens (tertiary/aromatic N) is 1. The molecule has 78 heavy (non-hydrogen) atoms. The minimum Gasteiger partial charge on any atom is -0.465 e. The molecule has 0 spiro atoms. The van der Waals surface area contributed by atoms with E-state index in [2.05, 4.69) is 12.1 Å². The number of carbonyl (C=O) groups excluding carboxylic acids is 3. The van der Waals surface area contributed by atoms with Crippen LogP contribution in [0, 0.1) is 18.0 Å². The number of ketones is 3. The summed E-state index contributed by atoms with van der Waals surface area (Å²) >= 11 is 6.12. The van der Waals surface area contributed by atoms with Crippen molar-refractivity contribution >= 4 is 77.1 Å². The molecule has 396 valence electrons. The molecule has 1 N–H and O–H groups in total. The van der Waals surface area contributed by atoms with Crippen LogP contribution >= 0.6 is 11.6 Å². The predicted molar refractivity (Wildman–Crippen MR) is 309 cm³/mol. The van der Waals surface area contributed by atoms with Gasteiger partial charge in [-0.25, -0.2) is 26.9 Å². The van der Waals surface area contributed by atoms with Crippen LogP contribution in [-0.2, 0) is 55.2 Å². The molecule has 1 atom stereocenters. The fourth-order valence-corrected chi connectivity index (χ4v) is 7.40. The summed E-state index contributed by atoms with van der Waals surface area (Å²) in [6.45, 7) is 0.179. The van der Waals surface area contributed by atoms with Crippen molar-refractivity contribution in [1.29, 1.82) is 0 Å². The van der Waals surface area contributed by atoms with E-state index in [4.69, 9.17) is 11.6 Å². The second-order valence-corrected chi connectivity index (χ2v) is 17.0. The molecular weight excluding hydrogens is 1180 g/mol. The third-order valence-electron chi connectivity index (χ3n) is 11.0. The molecule has 0 saturated carbocycles. The van der Waals surface area contributed by atoms with E-state index in [0.29, 0.717) is 16.2 Å². The zero-order valence-electron chi connectivity index (χ0n) is 42.0. The largest absolute Gasteiger partial charge is 0.465 e. The van der Waals surface area contributed by atoms with Gasteiger partial charge in [-0.15, -0.1) is 18.2 Å². The minimum absolute atomic E-state index is 0. The smallest absolute Gasteiger partial charge is 0.408 e. The van der Waals surface area contributed by atoms with Crippen molar-refractivity contribution in [3.05, 3.63) is 328 Å². The number of amides is 1. The Morgan fingerprint density at radius 3 is 1.27 bits per heavy atom. The molecule has 10 heteroatoms. The fraction of sp³-hybridized carbons (Fsp3) is 0.0294. The van der Waals surface area contributed by atoms with E-state index in [9.17, 15) is 28.7 Å². The molecule has 0 fully saturated rings. The van der Waals surface area contributed by atoms with Gasteiger partial charge < -0.3 is 9.90 Å². The quantitative estimate of drug-likeness (QED) is 0.0665. The molecule has 1 aliphatic heterocycles. The molecule has 1 heterocycles. The average molecular weight is 1230 g/mol. The SMILES string of the molecule is O=C(C=Cc1ccccc1)C=Cc1ccccc1.O=C(C=Cc1ccccc1)C=Cc1ccccc1.O=C(O)N1CC(c2cc(F)ccc2Cl)=CC1c1ccccc1.O=C([C-]=Cc1cc[c-]cc1)C=Cc1ccccc1.[Pd].[Pd]. The normalized spacial score (nSPS) is 12.6. The van der Waals surface area contributed by atoms with Crippen LogP contribution < -0.4 is 0 Å². The molecule has 8 aromatic carbocycles. The number of rotatable bonds is 14. The van der Waals surface area contributed by atoms with E-state index < -0.39 is 18.0 Å². The number of halogens is 2. The number of allylic oxidation sites excluding steroid dienone is 6. The molecule has 0 bridgehead atoms. The van der Waals surface area contributed by atoms with Crippen LogP contribution in [0.25, 0.3) is 42.0 Å². The molecule has 1 aliphatic rings. The second kappa shape index (κ2) is 35.2. The van der Waals surface area contributed by atoms with E-state index in [-0.39, 0.29) is 64.7 Å². The van der Waals surface area contributed by atoms with Crippen molar-refractivity contribution in [3.8, 4) is 0 Å². The molecule has 0 aromatic heterocycles. The second-order valence-electron chi connectivity index (χ2n) is 16.6. The van der Waals surface area contributed by atoms with Gasteiger partial charge in [-0.1, -0.05) is 224 Å². The van der Waals surface area contributed by atoms with Gasteiger partial charge in [0.15, 0.2) is 11.6 Å². The fourth-order valence-electron chi connectivity index (χ4n) is 7.16. The first-order valence-electron chi connectivity index (χ1n) is 24.1. The predicted octanol–water partition coefficient (Wildman–Crippen LogP) is 16.1. The Kier molecular flexibility index (Phi) is 28.1. The zero-order valence-corrected chi connectivity index (χ0v) is 45.9. The third-order valence-corrected chi connectivity index (χ3v) is 11.3. The summed E-state index contributed by atoms with van der Waals surface area (Å²) in [7, 11) is 0. The van der Waals surface area contributed by atoms with E-state index in [1.165, 1.54) is 29.2 Å². The monoisotopic (exact) mass is 1230 g/mol. The molecule has 0 radical (unpaired) electrons. The minimum atomic E-state index is -1.02. The number of benzene rings is 8. The van der Waals surface area contributed by atoms with Crippen LogP contribution in [0.3, 0.4) is 0 Å². The van der Waals surface area contributed by atoms with Crippen molar-refractivity contribution in [3.63, 3.8) is 0 Å². The van der Waals surface area contributed by atoms with Gasteiger partial charge in [-0.3, -0.25) is 14.5 Å². The van der Waals surface area contributed by atoms with E-state index in [0.717, 1.165) is 38.9 Å². The maximum absolute atomic E-state index is 13.5. The van der Waals surface area contributed by atoms with Crippen LogP contribution in [0.4, 0.5) is 9.18 Å². The van der Waals surface area contributed by atoms with Crippen LogP contribution in [0.15, 0.2) is 261 Å². The Morgan fingerprint density at radius 1 is 0.513 bits per heavy atom. The summed E-state index contributed by atoms with van der Waals surface area (Å²) in [6, 6.07) is 72.1. The summed E-state index contributed by atoms with van der Waals surface area (Å²) in [6.07, 6.45) is 22.1. The summed E-state index contributed by atoms with van der Waals surface area (Å²) in [5.41, 5.74) is 8.16. The molecule has 0 saturated heterocycles. The Balaban J connectivity index is 0.000000223. The van der Waals surface area contributed by atoms with Gasteiger partial charge in [-0.2, -0.15) is 24.3 Å². The molecule has 6 nitrogen and oxygen atoms in total. The molecule has 0 aliphatic carbocycles. The number of carbonyl (C=O) groups is 4. The zero-order chi connectivity index (χ0) is 53.6. The van der Waals surface area contributed by atoms with Crippen molar-refractivity contribution < 1.29 is 69.5 Å². The molecule has 8 aromatic rings. The van der Waals surface area contributed by atoms with Crippen molar-refractivity contribution in [2.45, 2.75) is 6.04 Å². The molecular formula is C68H53ClFNO5Pd2-2. The van der Waals surface area contributed by atoms with Gasteiger partial charge in [-0.05, 0) is 81.5 Å². The Labute approximate surface area is 489 Å². The summed E-state index contributed by atoms with van der Waals surface area (Å²) in [5.74, 6) is -0.567. The Bertz CT molecular complexity index is 2910. The summed E-state index contributed by atoms with van der Waals surface area (Å²) < 4.78 is 13.5. The van der Waals surface area contributed by atoms with Gasteiger partial charge in [0.2, 0.25) is 0 Å². The van der Waals surface area contributed by atoms with Crippen LogP contribution in [0.1, 0.15) is 50.5 Å². The number of carboxylic acid groups (broad SMARTS) is 1. The standard InChI is InChI=1S/C17H13ClFNO2.2C17H14O.C17H12O.2Pd/c18-15-7-6-13(19)9-14(15)12-8-16(20(10-12)17(21)22)11-4-2-1-3-5-11;3*18-17(13-11-15-7-3-1-4-8-15)14-12-16-9-5-2-6-10-16;;/h1-9,16H,10H2,(H,21,22);2*1-14H;1,3-13H;;/q;;;-2;;. The van der Waals surface area contributed by atoms with Gasteiger partial charge in [0, 0.05) is 51.4 Å². The number of hydrogen-bond donors (Lipinski definition) is 1. The van der Waals surface area contributed by atoms with Gasteiger partial charge in [0.1, 0.15) is 5.82 Å². The topological polar surface area (TPSA) is 91.8 Å². The van der Waals surface area contributed by atoms with Gasteiger partial charge in [0.25, 0.3) is 0 Å². The first kappa shape index (κ1) is 62.3. The maximum Gasteiger partial charge on any atom is 0.408 e.